The lowest BCUT2D eigenvalue weighted by atomic mass is 10.1. The van der Waals surface area contributed by atoms with Crippen molar-refractivity contribution in [2.24, 2.45) is 0 Å². The van der Waals surface area contributed by atoms with E-state index in [0.717, 1.165) is 24.2 Å². The Hall–Kier alpha value is -2.46. The summed E-state index contributed by atoms with van der Waals surface area (Å²) in [4.78, 5) is 13.4. The number of aromatic nitrogens is 3. The van der Waals surface area contributed by atoms with Gasteiger partial charge in [-0.15, -0.1) is 0 Å². The van der Waals surface area contributed by atoms with Gasteiger partial charge in [0.1, 0.15) is 16.5 Å². The maximum Gasteiger partial charge on any atom is 0.180 e. The third kappa shape index (κ3) is 2.85. The van der Waals surface area contributed by atoms with Crippen molar-refractivity contribution in [3.63, 3.8) is 0 Å². The minimum atomic E-state index is 0.297. The molecule has 2 heterocycles. The maximum atomic E-state index is 6.43. The molecule has 4 rings (SSSR count). The molecule has 1 aliphatic carbocycles. The molecule has 1 aromatic carbocycles. The van der Waals surface area contributed by atoms with E-state index in [9.17, 15) is 0 Å². The van der Waals surface area contributed by atoms with Crippen molar-refractivity contribution in [3.8, 4) is 11.5 Å². The lowest BCUT2D eigenvalue weighted by Crippen LogP contribution is -2.21. The maximum absolute atomic E-state index is 6.43. The molecule has 5 heteroatoms. The van der Waals surface area contributed by atoms with Crippen molar-refractivity contribution in [1.82, 2.24) is 15.0 Å². The third-order valence-electron chi connectivity index (χ3n) is 4.30. The van der Waals surface area contributed by atoms with E-state index in [4.69, 9.17) is 11.6 Å². The molecule has 0 unspecified atom stereocenters. The Morgan fingerprint density at radius 3 is 2.38 bits per heavy atom. The van der Waals surface area contributed by atoms with Gasteiger partial charge in [0.15, 0.2) is 5.82 Å². The molecule has 1 aliphatic rings. The monoisotopic (exact) mass is 336 g/mol. The van der Waals surface area contributed by atoms with E-state index in [0.29, 0.717) is 22.7 Å². The number of anilines is 1. The van der Waals surface area contributed by atoms with Gasteiger partial charge >= 0.3 is 0 Å². The lowest BCUT2D eigenvalue weighted by molar-refractivity contribution is 0.767. The highest BCUT2D eigenvalue weighted by molar-refractivity contribution is 6.33. The van der Waals surface area contributed by atoms with Gasteiger partial charge in [0.25, 0.3) is 0 Å². The zero-order valence-corrected chi connectivity index (χ0v) is 14.1. The number of fused-ring (bicyclic) bond motifs is 1. The van der Waals surface area contributed by atoms with Gasteiger partial charge in [0.05, 0.1) is 5.69 Å². The van der Waals surface area contributed by atoms with Crippen molar-refractivity contribution in [1.29, 1.82) is 0 Å². The molecular formula is C19H17ClN4. The van der Waals surface area contributed by atoms with Crippen LogP contribution < -0.4 is 5.32 Å². The first-order valence-corrected chi connectivity index (χ1v) is 8.37. The van der Waals surface area contributed by atoms with Crippen LogP contribution in [0.2, 0.25) is 5.02 Å². The first kappa shape index (κ1) is 15.1. The highest BCUT2D eigenvalue weighted by Crippen LogP contribution is 2.29. The Morgan fingerprint density at radius 1 is 1.00 bits per heavy atom. The summed E-state index contributed by atoms with van der Waals surface area (Å²) in [6.45, 7) is 1.89. The molecule has 0 atom stereocenters. The molecule has 0 saturated heterocycles. The summed E-state index contributed by atoms with van der Waals surface area (Å²) in [5, 5.41) is 4.07. The second-order valence-corrected chi connectivity index (χ2v) is 6.41. The zero-order valence-electron chi connectivity index (χ0n) is 13.3. The van der Waals surface area contributed by atoms with E-state index in [-0.39, 0.29) is 0 Å². The van der Waals surface area contributed by atoms with Crippen LogP contribution in [0, 0.1) is 6.92 Å². The largest absolute Gasteiger partial charge is 0.365 e. The van der Waals surface area contributed by atoms with Crippen LogP contribution in [-0.4, -0.2) is 21.0 Å². The molecule has 120 valence electrons. The Labute approximate surface area is 146 Å². The predicted molar refractivity (Wildman–Crippen MR) is 96.3 cm³/mol. The molecule has 0 aliphatic heterocycles. The fourth-order valence-electron chi connectivity index (χ4n) is 3.12. The highest BCUT2D eigenvalue weighted by Gasteiger charge is 2.23. The van der Waals surface area contributed by atoms with Crippen molar-refractivity contribution >= 4 is 17.4 Å². The molecule has 24 heavy (non-hydrogen) atoms. The molecule has 0 spiro atoms. The van der Waals surface area contributed by atoms with Gasteiger partial charge in [-0.2, -0.15) is 0 Å². The number of pyridine rings is 1. The molecule has 0 fully saturated rings. The van der Waals surface area contributed by atoms with Crippen LogP contribution in [0.1, 0.15) is 16.8 Å². The van der Waals surface area contributed by atoms with Gasteiger partial charge in [0, 0.05) is 12.2 Å². The van der Waals surface area contributed by atoms with Crippen molar-refractivity contribution in [3.05, 3.63) is 70.5 Å². The normalized spacial score (nSPS) is 13.8. The quantitative estimate of drug-likeness (QED) is 0.783. The van der Waals surface area contributed by atoms with E-state index >= 15 is 0 Å². The van der Waals surface area contributed by atoms with Crippen LogP contribution in [-0.2, 0) is 12.8 Å². The van der Waals surface area contributed by atoms with E-state index in [2.05, 4.69) is 44.5 Å². The topological polar surface area (TPSA) is 50.7 Å². The number of benzene rings is 1. The van der Waals surface area contributed by atoms with Crippen molar-refractivity contribution < 1.29 is 0 Å². The SMILES string of the molecule is Cc1nc(-c2ccccn2)nc(NC2Cc3ccccc3C2)c1Cl. The van der Waals surface area contributed by atoms with Crippen molar-refractivity contribution in [2.75, 3.05) is 5.32 Å². The minimum Gasteiger partial charge on any atom is -0.365 e. The van der Waals surface area contributed by atoms with Crippen LogP contribution in [0.5, 0.6) is 0 Å². The Bertz CT molecular complexity index is 855. The number of hydrogen-bond donors (Lipinski definition) is 1. The Morgan fingerprint density at radius 2 is 1.71 bits per heavy atom. The Balaban J connectivity index is 1.63. The van der Waals surface area contributed by atoms with Gasteiger partial charge in [-0.3, -0.25) is 4.98 Å². The summed E-state index contributed by atoms with van der Waals surface area (Å²) in [6.07, 6.45) is 3.70. The zero-order chi connectivity index (χ0) is 16.5. The van der Waals surface area contributed by atoms with Gasteiger partial charge in [0.2, 0.25) is 0 Å². The molecule has 2 aromatic heterocycles. The molecule has 3 aromatic rings. The summed E-state index contributed by atoms with van der Waals surface area (Å²) in [6, 6.07) is 14.5. The molecule has 0 saturated carbocycles. The van der Waals surface area contributed by atoms with Crippen molar-refractivity contribution in [2.45, 2.75) is 25.8 Å². The summed E-state index contributed by atoms with van der Waals surface area (Å²) in [5.74, 6) is 1.28. The van der Waals surface area contributed by atoms with Crippen LogP contribution >= 0.6 is 11.6 Å². The number of nitrogens with one attached hydrogen (secondary N) is 1. The Kier molecular flexibility index (Phi) is 3.90. The second kappa shape index (κ2) is 6.21. The lowest BCUT2D eigenvalue weighted by Gasteiger charge is -2.15. The van der Waals surface area contributed by atoms with E-state index in [1.807, 2.05) is 25.1 Å². The number of halogens is 1. The van der Waals surface area contributed by atoms with E-state index in [1.54, 1.807) is 6.20 Å². The van der Waals surface area contributed by atoms with Crippen LogP contribution in [0.15, 0.2) is 48.7 Å². The first-order chi connectivity index (χ1) is 11.7. The standard InChI is InChI=1S/C19H17ClN4/c1-12-17(20)19(24-18(22-12)16-8-4-5-9-21-16)23-15-10-13-6-2-3-7-14(13)11-15/h2-9,15H,10-11H2,1H3,(H,22,23,24). The number of aryl methyl sites for hydroxylation is 1. The molecule has 0 amide bonds. The molecule has 0 radical (unpaired) electrons. The first-order valence-electron chi connectivity index (χ1n) is 7.99. The minimum absolute atomic E-state index is 0.297. The predicted octanol–water partition coefficient (Wildman–Crippen LogP) is 4.08. The summed E-state index contributed by atoms with van der Waals surface area (Å²) < 4.78 is 0. The summed E-state index contributed by atoms with van der Waals surface area (Å²) in [7, 11) is 0. The number of rotatable bonds is 3. The van der Waals surface area contributed by atoms with Gasteiger partial charge in [-0.25, -0.2) is 9.97 Å². The average Bonchev–Trinajstić information content (AvgIpc) is 3.02. The molecule has 4 nitrogen and oxygen atoms in total. The highest BCUT2D eigenvalue weighted by atomic mass is 35.5. The fourth-order valence-corrected chi connectivity index (χ4v) is 3.26. The molecule has 0 bridgehead atoms. The van der Waals surface area contributed by atoms with Crippen LogP contribution in [0.25, 0.3) is 11.5 Å². The van der Waals surface area contributed by atoms with Gasteiger partial charge in [-0.1, -0.05) is 41.9 Å². The fraction of sp³-hybridized carbons (Fsp3) is 0.211. The third-order valence-corrected chi connectivity index (χ3v) is 4.76. The van der Waals surface area contributed by atoms with Crippen LogP contribution in [0.3, 0.4) is 0 Å². The van der Waals surface area contributed by atoms with E-state index in [1.165, 1.54) is 11.1 Å². The smallest absolute Gasteiger partial charge is 0.180 e. The van der Waals surface area contributed by atoms with Crippen LogP contribution in [0.4, 0.5) is 5.82 Å². The van der Waals surface area contributed by atoms with E-state index < -0.39 is 0 Å². The second-order valence-electron chi connectivity index (χ2n) is 6.03. The molecule has 1 N–H and O–H groups in total. The number of hydrogen-bond acceptors (Lipinski definition) is 4. The van der Waals surface area contributed by atoms with Gasteiger partial charge in [-0.05, 0) is 43.0 Å². The average molecular weight is 337 g/mol. The van der Waals surface area contributed by atoms with Gasteiger partial charge < -0.3 is 5.32 Å². The molecular weight excluding hydrogens is 320 g/mol. The summed E-state index contributed by atoms with van der Waals surface area (Å²) >= 11 is 6.43. The summed E-state index contributed by atoms with van der Waals surface area (Å²) in [5.41, 5.74) is 4.28. The number of nitrogens with zero attached hydrogens (tertiary/aromatic N) is 3.